The van der Waals surface area contributed by atoms with E-state index >= 15 is 0 Å². The summed E-state index contributed by atoms with van der Waals surface area (Å²) in [4.78, 5) is 12.0. The number of hydrogen-bond acceptors (Lipinski definition) is 2. The van der Waals surface area contributed by atoms with Gasteiger partial charge in [0.15, 0.2) is 0 Å². The highest BCUT2D eigenvalue weighted by Gasteiger charge is 2.13. The van der Waals surface area contributed by atoms with E-state index in [2.05, 4.69) is 38.2 Å². The number of rotatable bonds is 6. The van der Waals surface area contributed by atoms with Gasteiger partial charge in [-0.25, -0.2) is 0 Å². The van der Waals surface area contributed by atoms with Crippen molar-refractivity contribution in [2.75, 3.05) is 13.2 Å². The number of carbonyl (C=O) groups is 1. The van der Waals surface area contributed by atoms with Gasteiger partial charge in [0, 0.05) is 0 Å². The minimum absolute atomic E-state index is 0.0210. The fraction of sp³-hybridized carbons (Fsp3) is 0.381. The number of ether oxygens (including phenoxy) is 1. The second-order valence-electron chi connectivity index (χ2n) is 7.14. The van der Waals surface area contributed by atoms with Crippen molar-refractivity contribution in [2.24, 2.45) is 0 Å². The first-order valence-corrected chi connectivity index (χ1v) is 8.40. The number of hydrogen-bond donors (Lipinski definition) is 1. The summed E-state index contributed by atoms with van der Waals surface area (Å²) in [7, 11) is 0. The third-order valence-corrected chi connectivity index (χ3v) is 3.84. The molecule has 1 N–H and O–H groups in total. The second kappa shape index (κ2) is 8.00. The van der Waals surface area contributed by atoms with Crippen molar-refractivity contribution in [1.29, 1.82) is 0 Å². The van der Waals surface area contributed by atoms with E-state index in [4.69, 9.17) is 4.74 Å². The Morgan fingerprint density at radius 1 is 1.08 bits per heavy atom. The third kappa shape index (κ3) is 5.73. The first-order valence-electron chi connectivity index (χ1n) is 8.40. The van der Waals surface area contributed by atoms with E-state index < -0.39 is 0 Å². The Labute approximate surface area is 145 Å². The minimum Gasteiger partial charge on any atom is -0.492 e. The molecule has 0 aromatic heterocycles. The number of carbonyl (C=O) groups excluding carboxylic acids is 1. The van der Waals surface area contributed by atoms with Crippen LogP contribution in [0.15, 0.2) is 48.5 Å². The van der Waals surface area contributed by atoms with Crippen molar-refractivity contribution in [3.8, 4) is 5.75 Å². The summed E-state index contributed by atoms with van der Waals surface area (Å²) in [5.74, 6) is 0.864. The molecule has 0 saturated carbocycles. The predicted octanol–water partition coefficient (Wildman–Crippen LogP) is 4.03. The fourth-order valence-electron chi connectivity index (χ4n) is 2.48. The minimum atomic E-state index is 0.0210. The molecule has 0 aliphatic rings. The summed E-state index contributed by atoms with van der Waals surface area (Å²) in [5.41, 5.74) is 3.54. The summed E-state index contributed by atoms with van der Waals surface area (Å²) >= 11 is 0. The maximum atomic E-state index is 12.0. The molecule has 0 fully saturated rings. The van der Waals surface area contributed by atoms with Crippen LogP contribution in [0.2, 0.25) is 0 Å². The molecular formula is C21H27NO2. The SMILES string of the molecule is Cc1cccc(CC(=O)NCCOc2cccc(C(C)(C)C)c2)c1. The molecule has 128 valence electrons. The van der Waals surface area contributed by atoms with Crippen LogP contribution in [0.25, 0.3) is 0 Å². The topological polar surface area (TPSA) is 38.3 Å². The van der Waals surface area contributed by atoms with E-state index in [9.17, 15) is 4.79 Å². The molecule has 0 unspecified atom stereocenters. The maximum absolute atomic E-state index is 12.0. The van der Waals surface area contributed by atoms with E-state index in [0.717, 1.165) is 11.3 Å². The average Bonchev–Trinajstić information content (AvgIpc) is 2.51. The highest BCUT2D eigenvalue weighted by atomic mass is 16.5. The van der Waals surface area contributed by atoms with Gasteiger partial charge in [-0.05, 0) is 35.6 Å². The molecule has 0 aliphatic carbocycles. The summed E-state index contributed by atoms with van der Waals surface area (Å²) in [5, 5.41) is 2.90. The lowest BCUT2D eigenvalue weighted by Crippen LogP contribution is -2.29. The van der Waals surface area contributed by atoms with Crippen molar-refractivity contribution in [2.45, 2.75) is 39.5 Å². The molecule has 24 heavy (non-hydrogen) atoms. The van der Waals surface area contributed by atoms with Crippen LogP contribution in [-0.2, 0) is 16.6 Å². The number of benzene rings is 2. The third-order valence-electron chi connectivity index (χ3n) is 3.84. The van der Waals surface area contributed by atoms with E-state index in [1.807, 2.05) is 43.3 Å². The van der Waals surface area contributed by atoms with E-state index in [1.54, 1.807) is 0 Å². The van der Waals surface area contributed by atoms with Crippen molar-refractivity contribution >= 4 is 5.91 Å². The normalized spacial score (nSPS) is 11.2. The zero-order chi connectivity index (χ0) is 17.6. The average molecular weight is 325 g/mol. The van der Waals surface area contributed by atoms with Gasteiger partial charge in [0.25, 0.3) is 0 Å². The molecule has 0 radical (unpaired) electrons. The van der Waals surface area contributed by atoms with Gasteiger partial charge in [-0.15, -0.1) is 0 Å². The Morgan fingerprint density at radius 3 is 2.54 bits per heavy atom. The predicted molar refractivity (Wildman–Crippen MR) is 98.5 cm³/mol. The van der Waals surface area contributed by atoms with E-state index in [0.29, 0.717) is 19.6 Å². The van der Waals surface area contributed by atoms with E-state index in [-0.39, 0.29) is 11.3 Å². The van der Waals surface area contributed by atoms with Crippen LogP contribution in [0.5, 0.6) is 5.75 Å². The van der Waals surface area contributed by atoms with Crippen LogP contribution in [0.1, 0.15) is 37.5 Å². The molecule has 0 saturated heterocycles. The smallest absolute Gasteiger partial charge is 0.224 e. The molecule has 2 rings (SSSR count). The van der Waals surface area contributed by atoms with Gasteiger partial charge >= 0.3 is 0 Å². The van der Waals surface area contributed by atoms with Gasteiger partial charge in [0.1, 0.15) is 12.4 Å². The quantitative estimate of drug-likeness (QED) is 0.814. The van der Waals surface area contributed by atoms with Gasteiger partial charge in [-0.1, -0.05) is 62.7 Å². The highest BCUT2D eigenvalue weighted by Crippen LogP contribution is 2.25. The van der Waals surface area contributed by atoms with E-state index in [1.165, 1.54) is 11.1 Å². The van der Waals surface area contributed by atoms with Gasteiger partial charge in [0.05, 0.1) is 13.0 Å². The molecular weight excluding hydrogens is 298 g/mol. The first kappa shape index (κ1) is 18.1. The Hall–Kier alpha value is -2.29. The lowest BCUT2D eigenvalue weighted by molar-refractivity contribution is -0.120. The monoisotopic (exact) mass is 325 g/mol. The van der Waals surface area contributed by atoms with Gasteiger partial charge in [0.2, 0.25) is 5.91 Å². The van der Waals surface area contributed by atoms with Crippen LogP contribution in [0.4, 0.5) is 0 Å². The number of aryl methyl sites for hydroxylation is 1. The molecule has 3 heteroatoms. The largest absolute Gasteiger partial charge is 0.492 e. The molecule has 1 amide bonds. The summed E-state index contributed by atoms with van der Waals surface area (Å²) < 4.78 is 5.75. The highest BCUT2D eigenvalue weighted by molar-refractivity contribution is 5.78. The number of amides is 1. The lowest BCUT2D eigenvalue weighted by atomic mass is 9.87. The number of nitrogens with one attached hydrogen (secondary N) is 1. The molecule has 0 heterocycles. The molecule has 0 bridgehead atoms. The Morgan fingerprint density at radius 2 is 1.83 bits per heavy atom. The molecule has 0 atom stereocenters. The van der Waals surface area contributed by atoms with Gasteiger partial charge in [-0.3, -0.25) is 4.79 Å². The molecule has 2 aromatic carbocycles. The summed E-state index contributed by atoms with van der Waals surface area (Å²) in [6.45, 7) is 9.53. The van der Waals surface area contributed by atoms with Gasteiger partial charge in [-0.2, -0.15) is 0 Å². The molecule has 0 aliphatic heterocycles. The maximum Gasteiger partial charge on any atom is 0.224 e. The van der Waals surface area contributed by atoms with Crippen molar-refractivity contribution in [3.05, 3.63) is 65.2 Å². The standard InChI is InChI=1S/C21H27NO2/c1-16-7-5-8-17(13-16)14-20(23)22-11-12-24-19-10-6-9-18(15-19)21(2,3)4/h5-10,13,15H,11-12,14H2,1-4H3,(H,22,23). The van der Waals surface area contributed by atoms with Crippen LogP contribution < -0.4 is 10.1 Å². The van der Waals surface area contributed by atoms with Crippen LogP contribution in [0.3, 0.4) is 0 Å². The van der Waals surface area contributed by atoms with Crippen LogP contribution in [0, 0.1) is 6.92 Å². The van der Waals surface area contributed by atoms with Crippen molar-refractivity contribution in [1.82, 2.24) is 5.32 Å². The Bertz CT molecular complexity index is 686. The van der Waals surface area contributed by atoms with Gasteiger partial charge < -0.3 is 10.1 Å². The fourth-order valence-corrected chi connectivity index (χ4v) is 2.48. The Balaban J connectivity index is 1.76. The summed E-state index contributed by atoms with van der Waals surface area (Å²) in [6, 6.07) is 16.1. The van der Waals surface area contributed by atoms with Crippen LogP contribution >= 0.6 is 0 Å². The molecule has 0 spiro atoms. The van der Waals surface area contributed by atoms with Crippen LogP contribution in [-0.4, -0.2) is 19.1 Å². The summed E-state index contributed by atoms with van der Waals surface area (Å²) in [6.07, 6.45) is 0.404. The lowest BCUT2D eigenvalue weighted by Gasteiger charge is -2.19. The molecule has 2 aromatic rings. The first-order chi connectivity index (χ1) is 11.3. The van der Waals surface area contributed by atoms with Crippen molar-refractivity contribution in [3.63, 3.8) is 0 Å². The molecule has 3 nitrogen and oxygen atoms in total. The van der Waals surface area contributed by atoms with Crippen molar-refractivity contribution < 1.29 is 9.53 Å². The second-order valence-corrected chi connectivity index (χ2v) is 7.14. The zero-order valence-corrected chi connectivity index (χ0v) is 15.1. The zero-order valence-electron chi connectivity index (χ0n) is 15.1. The Kier molecular flexibility index (Phi) is 6.02.